The first kappa shape index (κ1) is 19.3. The average molecular weight is 399 g/mol. The highest BCUT2D eigenvalue weighted by atomic mass is 19.1. The second kappa shape index (κ2) is 7.79. The number of carbonyl (C=O) groups excluding carboxylic acids is 1. The summed E-state index contributed by atoms with van der Waals surface area (Å²) in [5, 5.41) is 10.9. The Hall–Kier alpha value is -3.00. The van der Waals surface area contributed by atoms with Gasteiger partial charge in [-0.3, -0.25) is 5.41 Å². The summed E-state index contributed by atoms with van der Waals surface area (Å²) in [7, 11) is 1.69. The Kier molecular flexibility index (Phi) is 5.19. The number of carbonyl (C=O) groups is 1. The van der Waals surface area contributed by atoms with E-state index in [1.54, 1.807) is 25.1 Å². The van der Waals surface area contributed by atoms with Crippen molar-refractivity contribution in [2.24, 2.45) is 4.99 Å². The van der Waals surface area contributed by atoms with Crippen LogP contribution < -0.4 is 5.32 Å². The smallest absolute Gasteiger partial charge is 0.322 e. The summed E-state index contributed by atoms with van der Waals surface area (Å²) in [6.07, 6.45) is 6.06. The number of ether oxygens (including phenoxy) is 1. The quantitative estimate of drug-likeness (QED) is 0.537. The molecule has 2 saturated heterocycles. The molecule has 1 saturated carbocycles. The molecule has 29 heavy (non-hydrogen) atoms. The average Bonchev–Trinajstić information content (AvgIpc) is 3.21. The highest BCUT2D eigenvalue weighted by Crippen LogP contribution is 2.39. The number of aryl methyl sites for hydroxylation is 1. The number of halogens is 1. The summed E-state index contributed by atoms with van der Waals surface area (Å²) in [6, 6.07) is 6.42. The van der Waals surface area contributed by atoms with Crippen LogP contribution in [0.3, 0.4) is 0 Å². The molecule has 2 unspecified atom stereocenters. The van der Waals surface area contributed by atoms with Crippen molar-refractivity contribution < 1.29 is 15.3 Å². The van der Waals surface area contributed by atoms with Crippen LogP contribution in [0.1, 0.15) is 37.5 Å². The molecule has 3 N–H and O–H groups in total. The van der Waals surface area contributed by atoms with Crippen molar-refractivity contribution in [3.8, 4) is 0 Å². The third kappa shape index (κ3) is 3.80. The Bertz CT molecular complexity index is 951. The van der Waals surface area contributed by atoms with E-state index in [1.165, 1.54) is 18.3 Å². The number of nitrogens with one attached hydrogen (secondary N) is 3. The lowest BCUT2D eigenvalue weighted by Gasteiger charge is -2.54. The number of rotatable bonds is 4. The number of amides is 2. The number of amidine groups is 1. The number of aliphatic imine (C=N–C) groups is 1. The molecule has 2 aromatic rings. The van der Waals surface area contributed by atoms with Crippen LogP contribution in [-0.4, -0.2) is 53.3 Å². The van der Waals surface area contributed by atoms with Gasteiger partial charge >= 0.3 is 6.03 Å². The Labute approximate surface area is 170 Å². The molecule has 2 bridgehead atoms. The lowest BCUT2D eigenvalue weighted by atomic mass is 9.78. The molecule has 154 valence electrons. The number of aromatic nitrogens is 1. The van der Waals surface area contributed by atoms with Gasteiger partial charge in [-0.25, -0.2) is 14.2 Å². The minimum absolute atomic E-state index is 0. The number of aromatic amines is 1. The molecule has 1 aromatic carbocycles. The fraction of sp³-hybridized carbons (Fsp3) is 0.381. The van der Waals surface area contributed by atoms with Crippen molar-refractivity contribution in [1.82, 2.24) is 9.88 Å². The summed E-state index contributed by atoms with van der Waals surface area (Å²) in [4.78, 5) is 21.6. The van der Waals surface area contributed by atoms with Gasteiger partial charge in [0, 0.05) is 32.4 Å². The van der Waals surface area contributed by atoms with E-state index in [2.05, 4.69) is 15.3 Å². The first-order valence-electron chi connectivity index (χ1n) is 9.65. The number of anilines is 1. The number of hydrogen-bond donors (Lipinski definition) is 3. The highest BCUT2D eigenvalue weighted by molar-refractivity contribution is 6.05. The third-order valence-corrected chi connectivity index (χ3v) is 5.73. The maximum Gasteiger partial charge on any atom is 0.322 e. The third-order valence-electron chi connectivity index (χ3n) is 5.73. The van der Waals surface area contributed by atoms with Crippen molar-refractivity contribution in [2.45, 2.75) is 44.4 Å². The number of piperidine rings is 1. The van der Waals surface area contributed by atoms with Crippen LogP contribution in [0, 0.1) is 18.2 Å². The topological polar surface area (TPSA) is 93.6 Å². The van der Waals surface area contributed by atoms with Crippen LogP contribution >= 0.6 is 0 Å². The Morgan fingerprint density at radius 3 is 2.83 bits per heavy atom. The maximum atomic E-state index is 14.5. The van der Waals surface area contributed by atoms with Gasteiger partial charge in [-0.1, -0.05) is 0 Å². The summed E-state index contributed by atoms with van der Waals surface area (Å²) >= 11 is 0. The zero-order chi connectivity index (χ0) is 20.5. The Morgan fingerprint density at radius 2 is 2.17 bits per heavy atom. The van der Waals surface area contributed by atoms with Crippen LogP contribution in [0.15, 0.2) is 35.5 Å². The van der Waals surface area contributed by atoms with E-state index in [4.69, 9.17) is 10.1 Å². The predicted octanol–water partition coefficient (Wildman–Crippen LogP) is 3.94. The molecule has 0 radical (unpaired) electrons. The number of nitrogens with zero attached hydrogens (tertiary/aromatic N) is 2. The number of benzene rings is 1. The van der Waals surface area contributed by atoms with E-state index in [9.17, 15) is 9.18 Å². The molecule has 3 fully saturated rings. The van der Waals surface area contributed by atoms with E-state index < -0.39 is 5.82 Å². The van der Waals surface area contributed by atoms with Crippen molar-refractivity contribution in [2.75, 3.05) is 12.4 Å². The van der Waals surface area contributed by atoms with E-state index in [0.717, 1.165) is 25.0 Å². The molecule has 5 rings (SSSR count). The molecule has 3 aliphatic rings. The normalized spacial score (nSPS) is 23.1. The molecule has 8 heteroatoms. The molecule has 1 aliphatic carbocycles. The van der Waals surface area contributed by atoms with E-state index in [-0.39, 0.29) is 37.2 Å². The zero-order valence-corrected chi connectivity index (χ0v) is 16.4. The van der Waals surface area contributed by atoms with E-state index in [1.807, 2.05) is 12.1 Å². The highest BCUT2D eigenvalue weighted by Gasteiger charge is 2.48. The maximum absolute atomic E-state index is 14.5. The van der Waals surface area contributed by atoms with E-state index >= 15 is 0 Å². The van der Waals surface area contributed by atoms with Gasteiger partial charge in [0.05, 0.1) is 23.7 Å². The summed E-state index contributed by atoms with van der Waals surface area (Å²) in [6.45, 7) is 1.72. The minimum Gasteiger partial charge on any atom is -0.381 e. The number of hydrogen-bond acceptors (Lipinski definition) is 3. The second-order valence-corrected chi connectivity index (χ2v) is 7.59. The summed E-state index contributed by atoms with van der Waals surface area (Å²) in [5.41, 5.74) is 1.87. The first-order chi connectivity index (χ1) is 14.0. The standard InChI is InChI=1S/C21H24FN5O2.H2/c1-12-6-18(22)19(10-17(12)20(23)25-11-13-4-3-5-24-13)26-21(28)27-14-7-15(27)9-16(8-14)29-2;/h3-6,10-11,14-16,23-24H,7-9H2,1-2H3,(H,26,28);1H. The van der Waals surface area contributed by atoms with Crippen molar-refractivity contribution in [3.05, 3.63) is 53.1 Å². The van der Waals surface area contributed by atoms with Gasteiger partial charge in [0.2, 0.25) is 0 Å². The second-order valence-electron chi connectivity index (χ2n) is 7.59. The number of methoxy groups -OCH3 is 1. The van der Waals surface area contributed by atoms with Crippen LogP contribution in [0.2, 0.25) is 0 Å². The van der Waals surface area contributed by atoms with Crippen LogP contribution in [-0.2, 0) is 4.74 Å². The number of fused-ring (bicyclic) bond motifs is 2. The fourth-order valence-corrected chi connectivity index (χ4v) is 4.18. The number of urea groups is 1. The van der Waals surface area contributed by atoms with Gasteiger partial charge in [0.25, 0.3) is 0 Å². The predicted molar refractivity (Wildman–Crippen MR) is 112 cm³/mol. The van der Waals surface area contributed by atoms with Crippen LogP contribution in [0.25, 0.3) is 0 Å². The van der Waals surface area contributed by atoms with Crippen molar-refractivity contribution >= 4 is 23.8 Å². The van der Waals surface area contributed by atoms with Gasteiger partial charge in [-0.15, -0.1) is 0 Å². The summed E-state index contributed by atoms with van der Waals surface area (Å²) < 4.78 is 19.9. The molecule has 2 atom stereocenters. The van der Waals surface area contributed by atoms with Crippen molar-refractivity contribution in [1.29, 1.82) is 5.41 Å². The molecule has 2 aliphatic heterocycles. The van der Waals surface area contributed by atoms with E-state index in [0.29, 0.717) is 11.1 Å². The monoisotopic (exact) mass is 399 g/mol. The first-order valence-corrected chi connectivity index (χ1v) is 9.65. The lowest BCUT2D eigenvalue weighted by Crippen LogP contribution is -2.65. The van der Waals surface area contributed by atoms with Gasteiger partial charge in [0.1, 0.15) is 5.82 Å². The lowest BCUT2D eigenvalue weighted by molar-refractivity contribution is -0.0636. The van der Waals surface area contributed by atoms with Gasteiger partial charge in [-0.05, 0) is 56.0 Å². The van der Waals surface area contributed by atoms with Crippen LogP contribution in [0.4, 0.5) is 14.9 Å². The molecular weight excluding hydrogens is 373 g/mol. The van der Waals surface area contributed by atoms with Gasteiger partial charge in [0.15, 0.2) is 5.84 Å². The zero-order valence-electron chi connectivity index (χ0n) is 16.4. The largest absolute Gasteiger partial charge is 0.381 e. The molecule has 7 nitrogen and oxygen atoms in total. The number of H-pyrrole nitrogens is 1. The summed E-state index contributed by atoms with van der Waals surface area (Å²) in [5.74, 6) is -0.530. The molecule has 2 amide bonds. The van der Waals surface area contributed by atoms with Gasteiger partial charge in [-0.2, -0.15) is 0 Å². The van der Waals surface area contributed by atoms with Crippen molar-refractivity contribution in [3.63, 3.8) is 0 Å². The fourth-order valence-electron chi connectivity index (χ4n) is 4.18. The molecular formula is C21H26FN5O2. The minimum atomic E-state index is -0.527. The molecule has 0 spiro atoms. The molecule has 3 heterocycles. The Balaban J connectivity index is 0.00000256. The SMILES string of the molecule is COC1CC2CC(C1)N2C(=O)Nc1cc(C(=N)N=Cc2ccc[nH]2)c(C)cc1F.[HH]. The van der Waals surface area contributed by atoms with Crippen LogP contribution in [0.5, 0.6) is 0 Å². The molecule has 1 aromatic heterocycles. The Morgan fingerprint density at radius 1 is 1.41 bits per heavy atom. The van der Waals surface area contributed by atoms with Gasteiger partial charge < -0.3 is 19.9 Å².